The number of rotatable bonds is 8. The van der Waals surface area contributed by atoms with E-state index in [2.05, 4.69) is 4.98 Å². The van der Waals surface area contributed by atoms with Crippen molar-refractivity contribution < 1.29 is 18.7 Å². The lowest BCUT2D eigenvalue weighted by Gasteiger charge is -2.21. The molecule has 6 nitrogen and oxygen atoms in total. The largest absolute Gasteiger partial charge is 0.460 e. The maximum atomic E-state index is 12.9. The van der Waals surface area contributed by atoms with E-state index in [4.69, 9.17) is 9.15 Å². The van der Waals surface area contributed by atoms with Gasteiger partial charge in [0.2, 0.25) is 0 Å². The number of hydrogen-bond donors (Lipinski definition) is 0. The van der Waals surface area contributed by atoms with Gasteiger partial charge in [0, 0.05) is 18.5 Å². The van der Waals surface area contributed by atoms with E-state index in [1.54, 1.807) is 6.07 Å². The highest BCUT2D eigenvalue weighted by atomic mass is 16.5. The Kier molecular flexibility index (Phi) is 5.84. The molecule has 156 valence electrons. The second-order valence-electron chi connectivity index (χ2n) is 7.84. The molecular formula is C24H26N2O4. The number of fused-ring (bicyclic) bond motifs is 1. The van der Waals surface area contributed by atoms with Gasteiger partial charge in [0.05, 0.1) is 11.1 Å². The van der Waals surface area contributed by atoms with Crippen molar-refractivity contribution in [3.05, 3.63) is 53.8 Å². The predicted molar refractivity (Wildman–Crippen MR) is 114 cm³/mol. The van der Waals surface area contributed by atoms with Crippen LogP contribution in [0.3, 0.4) is 0 Å². The SMILES string of the molecule is CCCN(CC1CC1)C(=O)COC(=O)c1cc(-c2ccc(C)o2)nc2ccccc12. The summed E-state index contributed by atoms with van der Waals surface area (Å²) in [7, 11) is 0. The van der Waals surface area contributed by atoms with Gasteiger partial charge in [-0.25, -0.2) is 9.78 Å². The van der Waals surface area contributed by atoms with Gasteiger partial charge in [0.1, 0.15) is 11.5 Å². The van der Waals surface area contributed by atoms with Gasteiger partial charge in [0.25, 0.3) is 5.91 Å². The van der Waals surface area contributed by atoms with Crippen molar-refractivity contribution in [2.45, 2.75) is 33.1 Å². The van der Waals surface area contributed by atoms with Crippen LogP contribution in [0.1, 0.15) is 42.3 Å². The number of furan rings is 1. The molecule has 0 unspecified atom stereocenters. The summed E-state index contributed by atoms with van der Waals surface area (Å²) < 4.78 is 11.1. The van der Waals surface area contributed by atoms with Crippen LogP contribution in [0.15, 0.2) is 46.9 Å². The molecule has 30 heavy (non-hydrogen) atoms. The highest BCUT2D eigenvalue weighted by molar-refractivity contribution is 6.05. The number of benzene rings is 1. The minimum absolute atomic E-state index is 0.141. The van der Waals surface area contributed by atoms with E-state index in [-0.39, 0.29) is 12.5 Å². The van der Waals surface area contributed by atoms with E-state index in [0.29, 0.717) is 40.4 Å². The van der Waals surface area contributed by atoms with Crippen LogP contribution in [-0.2, 0) is 9.53 Å². The van der Waals surface area contributed by atoms with E-state index in [1.165, 1.54) is 12.8 Å². The average molecular weight is 406 g/mol. The quantitative estimate of drug-likeness (QED) is 0.511. The summed E-state index contributed by atoms with van der Waals surface area (Å²) >= 11 is 0. The molecule has 0 saturated heterocycles. The molecule has 2 aromatic heterocycles. The Bertz CT molecular complexity index is 1070. The third-order valence-electron chi connectivity index (χ3n) is 5.28. The summed E-state index contributed by atoms with van der Waals surface area (Å²) in [5.74, 6) is 1.27. The smallest absolute Gasteiger partial charge is 0.339 e. The number of amides is 1. The molecule has 1 fully saturated rings. The molecule has 0 atom stereocenters. The number of hydrogen-bond acceptors (Lipinski definition) is 5. The van der Waals surface area contributed by atoms with Crippen molar-refractivity contribution in [1.82, 2.24) is 9.88 Å². The maximum absolute atomic E-state index is 12.9. The van der Waals surface area contributed by atoms with Crippen LogP contribution in [0.25, 0.3) is 22.4 Å². The number of para-hydroxylation sites is 1. The number of esters is 1. The van der Waals surface area contributed by atoms with E-state index in [0.717, 1.165) is 18.7 Å². The summed E-state index contributed by atoms with van der Waals surface area (Å²) in [6, 6.07) is 12.7. The molecule has 6 heteroatoms. The van der Waals surface area contributed by atoms with Crippen LogP contribution in [0, 0.1) is 12.8 Å². The molecule has 1 aliphatic carbocycles. The van der Waals surface area contributed by atoms with Crippen LogP contribution in [0.5, 0.6) is 0 Å². The van der Waals surface area contributed by atoms with Gasteiger partial charge >= 0.3 is 5.97 Å². The zero-order valence-electron chi connectivity index (χ0n) is 17.4. The van der Waals surface area contributed by atoms with Crippen LogP contribution in [0.4, 0.5) is 0 Å². The van der Waals surface area contributed by atoms with Crippen molar-refractivity contribution >= 4 is 22.8 Å². The number of nitrogens with zero attached hydrogens (tertiary/aromatic N) is 2. The van der Waals surface area contributed by atoms with Crippen molar-refractivity contribution in [3.63, 3.8) is 0 Å². The fourth-order valence-electron chi connectivity index (χ4n) is 3.54. The van der Waals surface area contributed by atoms with Gasteiger partial charge < -0.3 is 14.1 Å². The van der Waals surface area contributed by atoms with Crippen LogP contribution >= 0.6 is 0 Å². The van der Waals surface area contributed by atoms with Gasteiger partial charge in [0.15, 0.2) is 12.4 Å². The zero-order chi connectivity index (χ0) is 21.1. The first-order valence-electron chi connectivity index (χ1n) is 10.5. The molecule has 0 N–H and O–H groups in total. The summed E-state index contributed by atoms with van der Waals surface area (Å²) in [4.78, 5) is 31.9. The Morgan fingerprint density at radius 2 is 2.00 bits per heavy atom. The lowest BCUT2D eigenvalue weighted by molar-refractivity contribution is -0.134. The fourth-order valence-corrected chi connectivity index (χ4v) is 3.54. The minimum Gasteiger partial charge on any atom is -0.460 e. The van der Waals surface area contributed by atoms with E-state index in [1.807, 2.05) is 55.1 Å². The Morgan fingerprint density at radius 3 is 2.70 bits per heavy atom. The number of aryl methyl sites for hydroxylation is 1. The highest BCUT2D eigenvalue weighted by Crippen LogP contribution is 2.30. The lowest BCUT2D eigenvalue weighted by Crippen LogP contribution is -2.36. The molecule has 0 bridgehead atoms. The second kappa shape index (κ2) is 8.69. The Morgan fingerprint density at radius 1 is 1.20 bits per heavy atom. The van der Waals surface area contributed by atoms with Crippen LogP contribution in [-0.4, -0.2) is 41.5 Å². The first-order valence-corrected chi connectivity index (χ1v) is 10.5. The topological polar surface area (TPSA) is 72.6 Å². The fraction of sp³-hybridized carbons (Fsp3) is 0.375. The maximum Gasteiger partial charge on any atom is 0.339 e. The molecule has 1 saturated carbocycles. The number of carbonyl (C=O) groups is 2. The molecule has 1 amide bonds. The summed E-state index contributed by atoms with van der Waals surface area (Å²) in [5, 5.41) is 0.686. The van der Waals surface area contributed by atoms with E-state index in [9.17, 15) is 9.59 Å². The van der Waals surface area contributed by atoms with Crippen molar-refractivity contribution in [2.75, 3.05) is 19.7 Å². The van der Waals surface area contributed by atoms with Gasteiger partial charge in [-0.3, -0.25) is 4.79 Å². The number of pyridine rings is 1. The second-order valence-corrected chi connectivity index (χ2v) is 7.84. The number of aromatic nitrogens is 1. The normalized spacial score (nSPS) is 13.4. The molecule has 3 aromatic rings. The molecule has 1 aliphatic rings. The van der Waals surface area contributed by atoms with Crippen molar-refractivity contribution in [1.29, 1.82) is 0 Å². The summed E-state index contributed by atoms with van der Waals surface area (Å²) in [6.07, 6.45) is 3.23. The van der Waals surface area contributed by atoms with Crippen LogP contribution < -0.4 is 0 Å². The summed E-state index contributed by atoms with van der Waals surface area (Å²) in [5.41, 5.74) is 1.60. The standard InChI is InChI=1S/C24H26N2O4/c1-3-12-26(14-17-9-10-17)23(27)15-29-24(28)19-13-21(22-11-8-16(2)30-22)25-20-7-5-4-6-18(19)20/h4-8,11,13,17H,3,9-10,12,14-15H2,1-2H3. The van der Waals surface area contributed by atoms with Crippen LogP contribution in [0.2, 0.25) is 0 Å². The first kappa shape index (κ1) is 20.1. The number of ether oxygens (including phenoxy) is 1. The molecule has 2 heterocycles. The lowest BCUT2D eigenvalue weighted by atomic mass is 10.1. The first-order chi connectivity index (χ1) is 14.5. The minimum atomic E-state index is -0.533. The Balaban J connectivity index is 1.55. The third-order valence-corrected chi connectivity index (χ3v) is 5.28. The molecule has 1 aromatic carbocycles. The van der Waals surface area contributed by atoms with Gasteiger partial charge in [-0.1, -0.05) is 25.1 Å². The Labute approximate surface area is 175 Å². The molecule has 0 spiro atoms. The molecule has 0 aliphatic heterocycles. The third kappa shape index (κ3) is 4.53. The van der Waals surface area contributed by atoms with E-state index >= 15 is 0 Å². The van der Waals surface area contributed by atoms with Gasteiger partial charge in [-0.05, 0) is 56.4 Å². The summed E-state index contributed by atoms with van der Waals surface area (Å²) in [6.45, 7) is 5.09. The number of carbonyl (C=O) groups excluding carboxylic acids is 2. The van der Waals surface area contributed by atoms with Gasteiger partial charge in [-0.15, -0.1) is 0 Å². The monoisotopic (exact) mass is 406 g/mol. The molecule has 0 radical (unpaired) electrons. The average Bonchev–Trinajstić information content (AvgIpc) is 3.47. The Hall–Kier alpha value is -3.15. The zero-order valence-corrected chi connectivity index (χ0v) is 17.4. The van der Waals surface area contributed by atoms with Crippen molar-refractivity contribution in [3.8, 4) is 11.5 Å². The van der Waals surface area contributed by atoms with Gasteiger partial charge in [-0.2, -0.15) is 0 Å². The van der Waals surface area contributed by atoms with E-state index < -0.39 is 5.97 Å². The molecular weight excluding hydrogens is 380 g/mol. The van der Waals surface area contributed by atoms with Crippen molar-refractivity contribution in [2.24, 2.45) is 5.92 Å². The molecule has 4 rings (SSSR count). The highest BCUT2D eigenvalue weighted by Gasteiger charge is 2.27. The predicted octanol–water partition coefficient (Wildman–Crippen LogP) is 4.61.